The second-order valence-corrected chi connectivity index (χ2v) is 5.56. The van der Waals surface area contributed by atoms with Gasteiger partial charge in [-0.05, 0) is 25.0 Å². The molecule has 1 aliphatic carbocycles. The van der Waals surface area contributed by atoms with E-state index in [-0.39, 0.29) is 22.3 Å². The first-order chi connectivity index (χ1) is 9.09. The van der Waals surface area contributed by atoms with Crippen LogP contribution in [0.25, 0.3) is 0 Å². The highest BCUT2D eigenvalue weighted by Gasteiger charge is 2.24. The Morgan fingerprint density at radius 1 is 1.00 bits per heavy atom. The Labute approximate surface area is 117 Å². The largest absolute Gasteiger partial charge is 0.294 e. The van der Waals surface area contributed by atoms with E-state index in [4.69, 9.17) is 11.6 Å². The van der Waals surface area contributed by atoms with Gasteiger partial charge in [-0.2, -0.15) is 0 Å². The van der Waals surface area contributed by atoms with E-state index in [1.165, 1.54) is 6.42 Å². The third-order valence-electron chi connectivity index (χ3n) is 3.75. The van der Waals surface area contributed by atoms with Gasteiger partial charge in [0.25, 0.3) is 0 Å². The molecular formula is C15H17ClF2O. The van der Waals surface area contributed by atoms with Crippen molar-refractivity contribution in [2.45, 2.75) is 44.9 Å². The number of ketones is 1. The van der Waals surface area contributed by atoms with Gasteiger partial charge < -0.3 is 0 Å². The van der Waals surface area contributed by atoms with Crippen LogP contribution in [0.15, 0.2) is 12.1 Å². The summed E-state index contributed by atoms with van der Waals surface area (Å²) in [6, 6.07) is 1.81. The quantitative estimate of drug-likeness (QED) is 0.542. The summed E-state index contributed by atoms with van der Waals surface area (Å²) in [5.41, 5.74) is 0.117. The van der Waals surface area contributed by atoms with Gasteiger partial charge in [-0.25, -0.2) is 8.78 Å². The van der Waals surface area contributed by atoms with Crippen LogP contribution < -0.4 is 0 Å². The van der Waals surface area contributed by atoms with Crippen molar-refractivity contribution in [3.63, 3.8) is 0 Å². The van der Waals surface area contributed by atoms with Crippen molar-refractivity contribution >= 4 is 17.4 Å². The number of rotatable bonds is 2. The van der Waals surface area contributed by atoms with Gasteiger partial charge in [0.2, 0.25) is 0 Å². The minimum atomic E-state index is -1.02. The lowest BCUT2D eigenvalue weighted by Crippen LogP contribution is -2.17. The molecule has 19 heavy (non-hydrogen) atoms. The molecule has 0 atom stereocenters. The molecule has 0 radical (unpaired) electrons. The van der Waals surface area contributed by atoms with Crippen LogP contribution in [-0.4, -0.2) is 5.78 Å². The van der Waals surface area contributed by atoms with Crippen molar-refractivity contribution in [1.29, 1.82) is 0 Å². The second-order valence-electron chi connectivity index (χ2n) is 5.15. The Bertz CT molecular complexity index is 465. The summed E-state index contributed by atoms with van der Waals surface area (Å²) in [7, 11) is 0. The van der Waals surface area contributed by atoms with Crippen molar-refractivity contribution in [1.82, 2.24) is 0 Å². The van der Waals surface area contributed by atoms with E-state index < -0.39 is 11.6 Å². The first kappa shape index (κ1) is 14.4. The summed E-state index contributed by atoms with van der Waals surface area (Å²) in [5, 5.41) is 0.00552. The minimum absolute atomic E-state index is 0.00552. The lowest BCUT2D eigenvalue weighted by atomic mass is 9.85. The van der Waals surface area contributed by atoms with Gasteiger partial charge in [-0.1, -0.05) is 43.7 Å². The molecule has 1 saturated carbocycles. The van der Waals surface area contributed by atoms with E-state index in [0.717, 1.165) is 50.7 Å². The molecule has 1 fully saturated rings. The summed E-state index contributed by atoms with van der Waals surface area (Å²) < 4.78 is 26.3. The van der Waals surface area contributed by atoms with Crippen LogP contribution in [0, 0.1) is 17.6 Å². The van der Waals surface area contributed by atoms with Crippen molar-refractivity contribution in [2.75, 3.05) is 0 Å². The average molecular weight is 287 g/mol. The monoisotopic (exact) mass is 286 g/mol. The Balaban J connectivity index is 2.20. The number of hydrogen-bond donors (Lipinski definition) is 0. The maximum Gasteiger partial charge on any atom is 0.167 e. The Morgan fingerprint density at radius 3 is 2.16 bits per heavy atom. The molecule has 0 bridgehead atoms. The zero-order valence-electron chi connectivity index (χ0n) is 10.7. The SMILES string of the molecule is O=C(c1cc(F)c(F)cc1Cl)C1CCCCCCC1. The third kappa shape index (κ3) is 3.53. The first-order valence-electron chi connectivity index (χ1n) is 6.78. The van der Waals surface area contributed by atoms with Gasteiger partial charge in [0, 0.05) is 11.5 Å². The molecular weight excluding hydrogens is 270 g/mol. The molecule has 1 aromatic rings. The van der Waals surface area contributed by atoms with Crippen LogP contribution in [0.1, 0.15) is 55.3 Å². The molecule has 0 spiro atoms. The van der Waals surface area contributed by atoms with E-state index in [2.05, 4.69) is 0 Å². The predicted octanol–water partition coefficient (Wildman–Crippen LogP) is 5.16. The molecule has 0 saturated heterocycles. The van der Waals surface area contributed by atoms with E-state index in [1.807, 2.05) is 0 Å². The maximum atomic E-state index is 13.2. The smallest absolute Gasteiger partial charge is 0.167 e. The molecule has 104 valence electrons. The Hall–Kier alpha value is -0.960. The highest BCUT2D eigenvalue weighted by Crippen LogP contribution is 2.29. The van der Waals surface area contributed by atoms with Crippen LogP contribution in [0.3, 0.4) is 0 Å². The van der Waals surface area contributed by atoms with Crippen LogP contribution in [0.5, 0.6) is 0 Å². The Morgan fingerprint density at radius 2 is 1.53 bits per heavy atom. The van der Waals surface area contributed by atoms with Crippen LogP contribution in [0.4, 0.5) is 8.78 Å². The Kier molecular flexibility index (Phi) is 4.92. The number of Topliss-reactive ketones (excluding diaryl/α,β-unsaturated/α-hetero) is 1. The fraction of sp³-hybridized carbons (Fsp3) is 0.533. The summed E-state index contributed by atoms with van der Waals surface area (Å²) in [4.78, 5) is 12.4. The molecule has 0 amide bonds. The highest BCUT2D eigenvalue weighted by molar-refractivity contribution is 6.34. The van der Waals surface area contributed by atoms with Crippen LogP contribution in [-0.2, 0) is 0 Å². The van der Waals surface area contributed by atoms with Crippen LogP contribution in [0.2, 0.25) is 5.02 Å². The standard InChI is InChI=1S/C15H17ClF2O/c16-12-9-14(18)13(17)8-11(12)15(19)10-6-4-2-1-3-5-7-10/h8-10H,1-7H2. The average Bonchev–Trinajstić information content (AvgIpc) is 2.32. The fourth-order valence-electron chi connectivity index (χ4n) is 2.65. The lowest BCUT2D eigenvalue weighted by molar-refractivity contribution is 0.0898. The minimum Gasteiger partial charge on any atom is -0.294 e. The summed E-state index contributed by atoms with van der Waals surface area (Å²) in [6.07, 6.45) is 7.13. The molecule has 0 unspecified atom stereocenters. The summed E-state index contributed by atoms with van der Waals surface area (Å²) in [5.74, 6) is -2.29. The number of hydrogen-bond acceptors (Lipinski definition) is 1. The van der Waals surface area contributed by atoms with Gasteiger partial charge in [-0.15, -0.1) is 0 Å². The first-order valence-corrected chi connectivity index (χ1v) is 7.16. The lowest BCUT2D eigenvalue weighted by Gasteiger charge is -2.19. The number of halogens is 3. The molecule has 0 aromatic heterocycles. The van der Waals surface area contributed by atoms with Gasteiger partial charge in [0.1, 0.15) is 0 Å². The van der Waals surface area contributed by atoms with Crippen molar-refractivity contribution in [2.24, 2.45) is 5.92 Å². The van der Waals surface area contributed by atoms with Crippen LogP contribution >= 0.6 is 11.6 Å². The molecule has 2 rings (SSSR count). The number of benzene rings is 1. The molecule has 4 heteroatoms. The number of carbonyl (C=O) groups is 1. The van der Waals surface area contributed by atoms with Gasteiger partial charge >= 0.3 is 0 Å². The van der Waals surface area contributed by atoms with E-state index in [9.17, 15) is 13.6 Å². The van der Waals surface area contributed by atoms with E-state index in [0.29, 0.717) is 0 Å². The van der Waals surface area contributed by atoms with Gasteiger partial charge in [0.15, 0.2) is 17.4 Å². The topological polar surface area (TPSA) is 17.1 Å². The zero-order valence-corrected chi connectivity index (χ0v) is 11.5. The zero-order chi connectivity index (χ0) is 13.8. The third-order valence-corrected chi connectivity index (χ3v) is 4.06. The van der Waals surface area contributed by atoms with E-state index in [1.54, 1.807) is 0 Å². The number of carbonyl (C=O) groups excluding carboxylic acids is 1. The van der Waals surface area contributed by atoms with E-state index >= 15 is 0 Å². The summed E-state index contributed by atoms with van der Waals surface area (Å²) in [6.45, 7) is 0. The van der Waals surface area contributed by atoms with Gasteiger partial charge in [-0.3, -0.25) is 4.79 Å². The highest BCUT2D eigenvalue weighted by atomic mass is 35.5. The van der Waals surface area contributed by atoms with Crippen molar-refractivity contribution in [3.05, 3.63) is 34.4 Å². The van der Waals surface area contributed by atoms with Crippen molar-refractivity contribution in [3.8, 4) is 0 Å². The second kappa shape index (κ2) is 6.47. The molecule has 1 aromatic carbocycles. The molecule has 0 N–H and O–H groups in total. The summed E-state index contributed by atoms with van der Waals surface area (Å²) >= 11 is 5.86. The predicted molar refractivity (Wildman–Crippen MR) is 71.5 cm³/mol. The maximum absolute atomic E-state index is 13.2. The van der Waals surface area contributed by atoms with Gasteiger partial charge in [0.05, 0.1) is 5.02 Å². The normalized spacial score (nSPS) is 17.8. The molecule has 0 heterocycles. The molecule has 1 aliphatic rings. The molecule has 0 aliphatic heterocycles. The van der Waals surface area contributed by atoms with Crippen molar-refractivity contribution < 1.29 is 13.6 Å². The fourth-order valence-corrected chi connectivity index (χ4v) is 2.89. The molecule has 1 nitrogen and oxygen atoms in total.